The summed E-state index contributed by atoms with van der Waals surface area (Å²) in [6, 6.07) is 6.46. The lowest BCUT2D eigenvalue weighted by Gasteiger charge is -2.24. The molecule has 23 heavy (non-hydrogen) atoms. The van der Waals surface area contributed by atoms with Crippen molar-refractivity contribution < 1.29 is 9.18 Å². The molecule has 1 aliphatic carbocycles. The maximum absolute atomic E-state index is 13.6. The van der Waals surface area contributed by atoms with Crippen LogP contribution in [0.4, 0.5) is 4.39 Å². The van der Waals surface area contributed by atoms with Gasteiger partial charge in [-0.05, 0) is 56.5 Å². The Balaban J connectivity index is 1.70. The normalized spacial score (nSPS) is 21.3. The third-order valence-corrected chi connectivity index (χ3v) is 4.66. The van der Waals surface area contributed by atoms with Crippen molar-refractivity contribution in [2.24, 2.45) is 0 Å². The van der Waals surface area contributed by atoms with E-state index in [0.29, 0.717) is 22.4 Å². The van der Waals surface area contributed by atoms with Crippen LogP contribution in [0.15, 0.2) is 24.3 Å². The van der Waals surface area contributed by atoms with Crippen molar-refractivity contribution in [1.82, 2.24) is 15.6 Å². The first-order valence-electron chi connectivity index (χ1n) is 8.32. The molecule has 1 aliphatic heterocycles. The number of hydrogen-bond acceptors (Lipinski definition) is 3. The number of piperidine rings is 1. The van der Waals surface area contributed by atoms with Crippen LogP contribution in [-0.2, 0) is 0 Å². The molecule has 2 fully saturated rings. The minimum Gasteiger partial charge on any atom is -0.348 e. The van der Waals surface area contributed by atoms with Crippen LogP contribution in [0, 0.1) is 5.82 Å². The first-order chi connectivity index (χ1) is 11.2. The number of nitrogens with zero attached hydrogens (tertiary/aromatic N) is 1. The molecule has 2 aromatic rings. The van der Waals surface area contributed by atoms with Crippen LogP contribution in [0.1, 0.15) is 47.7 Å². The number of halogens is 1. The zero-order valence-electron chi connectivity index (χ0n) is 12.9. The Morgan fingerprint density at radius 3 is 2.87 bits per heavy atom. The summed E-state index contributed by atoms with van der Waals surface area (Å²) in [5.41, 5.74) is 2.20. The highest BCUT2D eigenvalue weighted by Gasteiger charge is 2.27. The fourth-order valence-electron chi connectivity index (χ4n) is 3.23. The maximum atomic E-state index is 13.6. The summed E-state index contributed by atoms with van der Waals surface area (Å²) in [4.78, 5) is 17.4. The van der Waals surface area contributed by atoms with E-state index in [1.807, 2.05) is 6.07 Å². The summed E-state index contributed by atoms with van der Waals surface area (Å²) in [6.45, 7) is 1.79. The Hall–Kier alpha value is -2.01. The predicted octanol–water partition coefficient (Wildman–Crippen LogP) is 2.73. The van der Waals surface area contributed by atoms with Crippen LogP contribution >= 0.6 is 0 Å². The van der Waals surface area contributed by atoms with Gasteiger partial charge in [0.05, 0.1) is 11.1 Å². The molecular formula is C18H20FN3O. The molecule has 0 spiro atoms. The van der Waals surface area contributed by atoms with E-state index in [1.165, 1.54) is 12.1 Å². The lowest BCUT2D eigenvalue weighted by Crippen LogP contribution is -2.45. The van der Waals surface area contributed by atoms with Crippen LogP contribution in [0.5, 0.6) is 0 Å². The monoisotopic (exact) mass is 313 g/mol. The van der Waals surface area contributed by atoms with Crippen molar-refractivity contribution in [3.63, 3.8) is 0 Å². The second-order valence-corrected chi connectivity index (χ2v) is 6.55. The standard InChI is InChI=1S/C18H20FN3O/c19-12-5-6-16-14(8-12)15(9-17(22-16)11-3-4-11)18(23)21-13-2-1-7-20-10-13/h5-6,8-9,11,13,20H,1-4,7,10H2,(H,21,23). The first kappa shape index (κ1) is 14.6. The highest BCUT2D eigenvalue weighted by molar-refractivity contribution is 6.06. The number of carbonyl (C=O) groups excluding carboxylic acids is 1. The van der Waals surface area contributed by atoms with E-state index in [4.69, 9.17) is 0 Å². The Morgan fingerprint density at radius 2 is 2.13 bits per heavy atom. The molecule has 4 nitrogen and oxygen atoms in total. The maximum Gasteiger partial charge on any atom is 0.252 e. The Labute approximate surface area is 134 Å². The SMILES string of the molecule is O=C(NC1CCCNC1)c1cc(C2CC2)nc2ccc(F)cc12. The van der Waals surface area contributed by atoms with Crippen LogP contribution < -0.4 is 10.6 Å². The van der Waals surface area contributed by atoms with Gasteiger partial charge in [0, 0.05) is 29.6 Å². The van der Waals surface area contributed by atoms with Gasteiger partial charge in [-0.2, -0.15) is 0 Å². The fraction of sp³-hybridized carbons (Fsp3) is 0.444. The van der Waals surface area contributed by atoms with Crippen LogP contribution in [-0.4, -0.2) is 30.0 Å². The van der Waals surface area contributed by atoms with Crippen molar-refractivity contribution in [3.8, 4) is 0 Å². The molecule has 0 bridgehead atoms. The van der Waals surface area contributed by atoms with Crippen LogP contribution in [0.2, 0.25) is 0 Å². The quantitative estimate of drug-likeness (QED) is 0.916. The highest BCUT2D eigenvalue weighted by Crippen LogP contribution is 2.40. The number of amides is 1. The predicted molar refractivity (Wildman–Crippen MR) is 87.0 cm³/mol. The number of rotatable bonds is 3. The highest BCUT2D eigenvalue weighted by atomic mass is 19.1. The largest absolute Gasteiger partial charge is 0.348 e. The topological polar surface area (TPSA) is 54.0 Å². The fourth-order valence-corrected chi connectivity index (χ4v) is 3.23. The van der Waals surface area contributed by atoms with E-state index in [-0.39, 0.29) is 17.8 Å². The molecular weight excluding hydrogens is 293 g/mol. The average Bonchev–Trinajstić information content (AvgIpc) is 3.39. The molecule has 1 aromatic heterocycles. The van der Waals surface area contributed by atoms with Crippen LogP contribution in [0.3, 0.4) is 0 Å². The van der Waals surface area contributed by atoms with Gasteiger partial charge in [0.15, 0.2) is 0 Å². The van der Waals surface area contributed by atoms with Gasteiger partial charge in [0.2, 0.25) is 0 Å². The second-order valence-electron chi connectivity index (χ2n) is 6.55. The summed E-state index contributed by atoms with van der Waals surface area (Å²) in [7, 11) is 0. The van der Waals surface area contributed by atoms with Gasteiger partial charge in [-0.3, -0.25) is 9.78 Å². The molecule has 4 rings (SSSR count). The molecule has 1 aromatic carbocycles. The number of benzene rings is 1. The second kappa shape index (κ2) is 5.89. The molecule has 120 valence electrons. The molecule has 1 unspecified atom stereocenters. The molecule has 2 aliphatic rings. The third kappa shape index (κ3) is 3.06. The minimum atomic E-state index is -0.341. The van der Waals surface area contributed by atoms with E-state index in [1.54, 1.807) is 6.07 Å². The Kier molecular flexibility index (Phi) is 3.73. The lowest BCUT2D eigenvalue weighted by molar-refractivity contribution is 0.0932. The van der Waals surface area contributed by atoms with Gasteiger partial charge in [0.25, 0.3) is 5.91 Å². The molecule has 1 saturated carbocycles. The molecule has 1 amide bonds. The first-order valence-corrected chi connectivity index (χ1v) is 8.32. The number of aromatic nitrogens is 1. The zero-order chi connectivity index (χ0) is 15.8. The summed E-state index contributed by atoms with van der Waals surface area (Å²) in [5, 5.41) is 6.97. The number of pyridine rings is 1. The summed E-state index contributed by atoms with van der Waals surface area (Å²) in [5.74, 6) is -0.0159. The van der Waals surface area contributed by atoms with Crippen molar-refractivity contribution in [2.45, 2.75) is 37.6 Å². The number of nitrogens with one attached hydrogen (secondary N) is 2. The van der Waals surface area contributed by atoms with Crippen molar-refractivity contribution in [1.29, 1.82) is 0 Å². The number of fused-ring (bicyclic) bond motifs is 1. The number of carbonyl (C=O) groups is 1. The van der Waals surface area contributed by atoms with E-state index in [9.17, 15) is 9.18 Å². The molecule has 2 heterocycles. The minimum absolute atomic E-state index is 0.126. The van der Waals surface area contributed by atoms with Gasteiger partial charge >= 0.3 is 0 Å². The van der Waals surface area contributed by atoms with E-state index in [2.05, 4.69) is 15.6 Å². The van der Waals surface area contributed by atoms with Gasteiger partial charge in [0.1, 0.15) is 5.82 Å². The molecule has 2 N–H and O–H groups in total. The smallest absolute Gasteiger partial charge is 0.252 e. The van der Waals surface area contributed by atoms with E-state index in [0.717, 1.165) is 44.5 Å². The number of hydrogen-bond donors (Lipinski definition) is 2. The average molecular weight is 313 g/mol. The van der Waals surface area contributed by atoms with Crippen molar-refractivity contribution in [3.05, 3.63) is 41.3 Å². The Bertz CT molecular complexity index is 751. The summed E-state index contributed by atoms with van der Waals surface area (Å²) < 4.78 is 13.6. The Morgan fingerprint density at radius 1 is 1.26 bits per heavy atom. The summed E-state index contributed by atoms with van der Waals surface area (Å²) in [6.07, 6.45) is 4.27. The lowest BCUT2D eigenvalue weighted by atomic mass is 10.0. The van der Waals surface area contributed by atoms with Gasteiger partial charge in [-0.15, -0.1) is 0 Å². The van der Waals surface area contributed by atoms with Crippen molar-refractivity contribution in [2.75, 3.05) is 13.1 Å². The zero-order valence-corrected chi connectivity index (χ0v) is 12.9. The van der Waals surface area contributed by atoms with Crippen LogP contribution in [0.25, 0.3) is 10.9 Å². The molecule has 1 saturated heterocycles. The molecule has 1 atom stereocenters. The summed E-state index contributed by atoms with van der Waals surface area (Å²) >= 11 is 0. The molecule has 0 radical (unpaired) electrons. The van der Waals surface area contributed by atoms with Gasteiger partial charge in [-0.25, -0.2) is 4.39 Å². The van der Waals surface area contributed by atoms with E-state index < -0.39 is 0 Å². The van der Waals surface area contributed by atoms with Gasteiger partial charge in [-0.1, -0.05) is 0 Å². The van der Waals surface area contributed by atoms with Gasteiger partial charge < -0.3 is 10.6 Å². The van der Waals surface area contributed by atoms with Crippen molar-refractivity contribution >= 4 is 16.8 Å². The third-order valence-electron chi connectivity index (χ3n) is 4.66. The molecule has 5 heteroatoms. The van der Waals surface area contributed by atoms with E-state index >= 15 is 0 Å².